The summed E-state index contributed by atoms with van der Waals surface area (Å²) in [6.07, 6.45) is 1.85. The summed E-state index contributed by atoms with van der Waals surface area (Å²) in [6.45, 7) is 15.3. The van der Waals surface area contributed by atoms with E-state index in [1.807, 2.05) is 0 Å². The summed E-state index contributed by atoms with van der Waals surface area (Å²) in [5, 5.41) is 0. The van der Waals surface area contributed by atoms with E-state index in [-0.39, 0.29) is 11.0 Å². The molecule has 1 heterocycles. The maximum atomic E-state index is 6.27. The average molecular weight is 237 g/mol. The first-order valence-electron chi connectivity index (χ1n) is 6.42. The molecule has 3 nitrogen and oxygen atoms in total. The van der Waals surface area contributed by atoms with Crippen molar-refractivity contribution in [3.63, 3.8) is 0 Å². The molecule has 1 aromatic rings. The molecule has 0 atom stereocenters. The Labute approximate surface area is 105 Å². The Balaban J connectivity index is 3.24. The van der Waals surface area contributed by atoms with Gasteiger partial charge in [-0.25, -0.2) is 4.98 Å². The Hall–Kier alpha value is -0.990. The van der Waals surface area contributed by atoms with Crippen LogP contribution in [-0.2, 0) is 18.4 Å². The van der Waals surface area contributed by atoms with Crippen molar-refractivity contribution in [2.45, 2.75) is 66.8 Å². The van der Waals surface area contributed by atoms with Crippen LogP contribution in [0, 0.1) is 5.41 Å². The Kier molecular flexibility index (Phi) is 3.60. The molecule has 0 aliphatic rings. The van der Waals surface area contributed by atoms with E-state index in [4.69, 9.17) is 10.7 Å². The lowest BCUT2D eigenvalue weighted by Crippen LogP contribution is -2.25. The molecule has 0 amide bonds. The van der Waals surface area contributed by atoms with E-state index < -0.39 is 0 Å². The van der Waals surface area contributed by atoms with E-state index in [2.05, 4.69) is 53.0 Å². The third-order valence-electron chi connectivity index (χ3n) is 2.74. The van der Waals surface area contributed by atoms with Crippen LogP contribution >= 0.6 is 0 Å². The van der Waals surface area contributed by atoms with Crippen molar-refractivity contribution in [2.24, 2.45) is 5.41 Å². The second-order valence-electron chi connectivity index (χ2n) is 6.96. The third kappa shape index (κ3) is 3.24. The van der Waals surface area contributed by atoms with Gasteiger partial charge in [-0.05, 0) is 32.6 Å². The van der Waals surface area contributed by atoms with Crippen LogP contribution in [0.2, 0.25) is 0 Å². The van der Waals surface area contributed by atoms with Crippen LogP contribution in [0.25, 0.3) is 0 Å². The fraction of sp³-hybridized carbons (Fsp3) is 0.786. The second-order valence-corrected chi connectivity index (χ2v) is 6.96. The van der Waals surface area contributed by atoms with Gasteiger partial charge in [-0.15, -0.1) is 0 Å². The van der Waals surface area contributed by atoms with Crippen LogP contribution in [0.4, 0.5) is 5.82 Å². The molecule has 3 heteroatoms. The van der Waals surface area contributed by atoms with Crippen molar-refractivity contribution in [3.8, 4) is 0 Å². The lowest BCUT2D eigenvalue weighted by Gasteiger charge is -2.25. The summed E-state index contributed by atoms with van der Waals surface area (Å²) in [4.78, 5) is 4.72. The monoisotopic (exact) mass is 237 g/mol. The van der Waals surface area contributed by atoms with Crippen LogP contribution in [-0.4, -0.2) is 9.55 Å². The van der Waals surface area contributed by atoms with Crippen molar-refractivity contribution >= 4 is 5.82 Å². The van der Waals surface area contributed by atoms with Gasteiger partial charge in [-0.3, -0.25) is 0 Å². The third-order valence-corrected chi connectivity index (χ3v) is 2.74. The number of hydrogen-bond acceptors (Lipinski definition) is 2. The number of nitrogens with two attached hydrogens (primary N) is 1. The molecule has 0 fully saturated rings. The van der Waals surface area contributed by atoms with E-state index >= 15 is 0 Å². The number of nitrogens with zero attached hydrogens (tertiary/aromatic N) is 2. The molecule has 0 bridgehead atoms. The predicted molar refractivity (Wildman–Crippen MR) is 74.2 cm³/mol. The highest BCUT2D eigenvalue weighted by Crippen LogP contribution is 2.29. The quantitative estimate of drug-likeness (QED) is 0.857. The Morgan fingerprint density at radius 1 is 1.12 bits per heavy atom. The first-order valence-corrected chi connectivity index (χ1v) is 6.42. The van der Waals surface area contributed by atoms with Crippen molar-refractivity contribution < 1.29 is 0 Å². The molecule has 1 aromatic heterocycles. The lowest BCUT2D eigenvalue weighted by atomic mass is 9.90. The number of aromatic nitrogens is 2. The maximum absolute atomic E-state index is 6.27. The van der Waals surface area contributed by atoms with Crippen LogP contribution in [0.5, 0.6) is 0 Å². The molecule has 1 rings (SSSR count). The molecule has 0 aliphatic carbocycles. The van der Waals surface area contributed by atoms with E-state index in [1.165, 1.54) is 0 Å². The Bertz CT molecular complexity index is 389. The number of rotatable bonds is 2. The van der Waals surface area contributed by atoms with Gasteiger partial charge in [0.05, 0.1) is 5.69 Å². The number of nitrogen functional groups attached to an aromatic ring is 1. The largest absolute Gasteiger partial charge is 0.384 e. The number of imidazole rings is 1. The van der Waals surface area contributed by atoms with Gasteiger partial charge in [-0.2, -0.15) is 0 Å². The predicted octanol–water partition coefficient (Wildman–Crippen LogP) is 3.37. The van der Waals surface area contributed by atoms with Gasteiger partial charge in [0.25, 0.3) is 0 Å². The molecule has 0 aliphatic heterocycles. The zero-order chi connectivity index (χ0) is 13.4. The maximum Gasteiger partial charge on any atom is 0.127 e. The lowest BCUT2D eigenvalue weighted by molar-refractivity contribution is 0.387. The van der Waals surface area contributed by atoms with E-state index in [1.54, 1.807) is 0 Å². The summed E-state index contributed by atoms with van der Waals surface area (Å²) in [5.74, 6) is 1.93. The van der Waals surface area contributed by atoms with E-state index in [9.17, 15) is 0 Å². The minimum atomic E-state index is -0.00143. The smallest absolute Gasteiger partial charge is 0.127 e. The average Bonchev–Trinajstić information content (AvgIpc) is 2.39. The van der Waals surface area contributed by atoms with Gasteiger partial charge in [0.1, 0.15) is 11.6 Å². The highest BCUT2D eigenvalue weighted by Gasteiger charge is 2.25. The van der Waals surface area contributed by atoms with Crippen LogP contribution < -0.4 is 5.73 Å². The first kappa shape index (κ1) is 14.1. The molecule has 0 aromatic carbocycles. The summed E-state index contributed by atoms with van der Waals surface area (Å²) in [6, 6.07) is 0. The molecule has 2 N–H and O–H groups in total. The molecule has 0 saturated carbocycles. The molecule has 0 saturated heterocycles. The zero-order valence-corrected chi connectivity index (χ0v) is 12.4. The highest BCUT2D eigenvalue weighted by atomic mass is 15.2. The minimum absolute atomic E-state index is 0.00143. The number of aryl methyl sites for hydroxylation is 1. The van der Waals surface area contributed by atoms with Crippen molar-refractivity contribution in [1.29, 1.82) is 0 Å². The summed E-state index contributed by atoms with van der Waals surface area (Å²) in [5.41, 5.74) is 7.54. The normalized spacial score (nSPS) is 13.1. The van der Waals surface area contributed by atoms with E-state index in [0.29, 0.717) is 0 Å². The fourth-order valence-corrected chi connectivity index (χ4v) is 2.15. The van der Waals surface area contributed by atoms with Gasteiger partial charge in [0.2, 0.25) is 0 Å². The zero-order valence-electron chi connectivity index (χ0n) is 12.4. The fourth-order valence-electron chi connectivity index (χ4n) is 2.15. The van der Waals surface area contributed by atoms with E-state index in [0.717, 1.165) is 30.2 Å². The van der Waals surface area contributed by atoms with Gasteiger partial charge in [0.15, 0.2) is 0 Å². The molecular weight excluding hydrogens is 210 g/mol. The number of anilines is 1. The second kappa shape index (κ2) is 4.35. The van der Waals surface area contributed by atoms with Gasteiger partial charge < -0.3 is 10.3 Å². The van der Waals surface area contributed by atoms with Gasteiger partial charge >= 0.3 is 0 Å². The van der Waals surface area contributed by atoms with Gasteiger partial charge in [-0.1, -0.05) is 27.7 Å². The molecule has 0 unspecified atom stereocenters. The first-order chi connectivity index (χ1) is 7.56. The SMILES string of the molecule is CCc1nc(CC(C)(C)C)c(N)n1C(C)(C)C. The number of hydrogen-bond donors (Lipinski definition) is 1. The van der Waals surface area contributed by atoms with Crippen molar-refractivity contribution in [1.82, 2.24) is 9.55 Å². The van der Waals surface area contributed by atoms with Crippen LogP contribution in [0.1, 0.15) is 60.0 Å². The standard InChI is InChI=1S/C14H27N3/c1-8-11-16-10(9-13(2,3)4)12(15)17(11)14(5,6)7/h8-9,15H2,1-7H3. The Morgan fingerprint density at radius 3 is 1.94 bits per heavy atom. The summed E-state index contributed by atoms with van der Waals surface area (Å²) in [7, 11) is 0. The highest BCUT2D eigenvalue weighted by molar-refractivity contribution is 5.40. The summed E-state index contributed by atoms with van der Waals surface area (Å²) >= 11 is 0. The van der Waals surface area contributed by atoms with Crippen molar-refractivity contribution in [2.75, 3.05) is 5.73 Å². The molecule has 0 spiro atoms. The molecular formula is C14H27N3. The minimum Gasteiger partial charge on any atom is -0.384 e. The molecule has 0 radical (unpaired) electrons. The van der Waals surface area contributed by atoms with Crippen LogP contribution in [0.15, 0.2) is 0 Å². The van der Waals surface area contributed by atoms with Gasteiger partial charge in [0, 0.05) is 12.0 Å². The Morgan fingerprint density at radius 2 is 1.65 bits per heavy atom. The molecule has 98 valence electrons. The summed E-state index contributed by atoms with van der Waals surface area (Å²) < 4.78 is 2.17. The topological polar surface area (TPSA) is 43.8 Å². The van der Waals surface area contributed by atoms with Crippen molar-refractivity contribution in [3.05, 3.63) is 11.5 Å². The van der Waals surface area contributed by atoms with Crippen LogP contribution in [0.3, 0.4) is 0 Å². The molecule has 17 heavy (non-hydrogen) atoms.